The molecule has 3 aromatic rings. The maximum absolute atomic E-state index is 12.6. The van der Waals surface area contributed by atoms with Crippen molar-refractivity contribution in [1.82, 2.24) is 14.7 Å². The van der Waals surface area contributed by atoms with Crippen molar-refractivity contribution in [2.24, 2.45) is 0 Å². The second kappa shape index (κ2) is 6.37. The zero-order valence-electron chi connectivity index (χ0n) is 13.5. The summed E-state index contributed by atoms with van der Waals surface area (Å²) in [7, 11) is 0. The van der Waals surface area contributed by atoms with Crippen LogP contribution in [0.4, 0.5) is 0 Å². The number of amides is 1. The number of hydrogen-bond acceptors (Lipinski definition) is 4. The number of nitrogens with zero attached hydrogens (tertiary/aromatic N) is 2. The van der Waals surface area contributed by atoms with Crippen LogP contribution in [0.1, 0.15) is 39.5 Å². The third kappa shape index (κ3) is 2.95. The highest BCUT2D eigenvalue weighted by molar-refractivity contribution is 7.17. The van der Waals surface area contributed by atoms with Gasteiger partial charge in [-0.3, -0.25) is 14.0 Å². The highest BCUT2D eigenvalue weighted by atomic mass is 35.5. The average Bonchev–Trinajstić information content (AvgIpc) is 2.83. The van der Waals surface area contributed by atoms with Gasteiger partial charge in [0.1, 0.15) is 5.56 Å². The third-order valence-electron chi connectivity index (χ3n) is 3.98. The van der Waals surface area contributed by atoms with Crippen LogP contribution in [-0.4, -0.2) is 15.3 Å². The standard InChI is InChI=1S/C17H16ClN3O2S/c1-9(12-4-6-13(18)7-5-12)20-15(22)14-8-19-17-21(16(14)23)10(2)11(3)24-17/h4-9H,1-3H3,(H,20,22)/t9-/m1/s1. The second-order valence-corrected chi connectivity index (χ2v) is 7.20. The van der Waals surface area contributed by atoms with Crippen LogP contribution in [0.5, 0.6) is 0 Å². The molecule has 0 fully saturated rings. The molecule has 0 aliphatic rings. The molecule has 0 unspecified atom stereocenters. The van der Waals surface area contributed by atoms with Gasteiger partial charge in [-0.15, -0.1) is 11.3 Å². The molecule has 0 saturated heterocycles. The molecule has 0 aliphatic carbocycles. The number of carbonyl (C=O) groups is 1. The molecule has 0 spiro atoms. The molecule has 0 saturated carbocycles. The number of fused-ring (bicyclic) bond motifs is 1. The fourth-order valence-electron chi connectivity index (χ4n) is 2.44. The lowest BCUT2D eigenvalue weighted by atomic mass is 10.1. The fraction of sp³-hybridized carbons (Fsp3) is 0.235. The molecule has 124 valence electrons. The van der Waals surface area contributed by atoms with E-state index in [0.717, 1.165) is 16.1 Å². The van der Waals surface area contributed by atoms with Gasteiger partial charge in [0.25, 0.3) is 11.5 Å². The quantitative estimate of drug-likeness (QED) is 0.776. The number of thiazole rings is 1. The Bertz CT molecular complexity index is 976. The van der Waals surface area contributed by atoms with Crippen LogP contribution in [0.2, 0.25) is 5.02 Å². The van der Waals surface area contributed by atoms with Gasteiger partial charge in [-0.25, -0.2) is 4.98 Å². The first kappa shape index (κ1) is 16.7. The molecule has 5 nitrogen and oxygen atoms in total. The van der Waals surface area contributed by atoms with Crippen molar-refractivity contribution in [3.63, 3.8) is 0 Å². The molecule has 1 N–H and O–H groups in total. The van der Waals surface area contributed by atoms with Gasteiger partial charge < -0.3 is 5.32 Å². The Morgan fingerprint density at radius 3 is 2.62 bits per heavy atom. The number of rotatable bonds is 3. The number of aromatic nitrogens is 2. The number of halogens is 1. The van der Waals surface area contributed by atoms with Gasteiger partial charge in [-0.1, -0.05) is 23.7 Å². The minimum absolute atomic E-state index is 0.0363. The highest BCUT2D eigenvalue weighted by Gasteiger charge is 2.18. The Morgan fingerprint density at radius 1 is 1.29 bits per heavy atom. The molecule has 24 heavy (non-hydrogen) atoms. The number of benzene rings is 1. The third-order valence-corrected chi connectivity index (χ3v) is 5.30. The van der Waals surface area contributed by atoms with Crippen molar-refractivity contribution in [3.8, 4) is 0 Å². The monoisotopic (exact) mass is 361 g/mol. The summed E-state index contributed by atoms with van der Waals surface area (Å²) in [6.07, 6.45) is 1.34. The maximum atomic E-state index is 12.6. The van der Waals surface area contributed by atoms with Crippen LogP contribution >= 0.6 is 22.9 Å². The van der Waals surface area contributed by atoms with Gasteiger partial charge in [-0.05, 0) is 38.5 Å². The van der Waals surface area contributed by atoms with E-state index in [-0.39, 0.29) is 17.2 Å². The van der Waals surface area contributed by atoms with Crippen molar-refractivity contribution in [3.05, 3.63) is 67.5 Å². The average molecular weight is 362 g/mol. The van der Waals surface area contributed by atoms with Gasteiger partial charge in [0.2, 0.25) is 0 Å². The number of nitrogens with one attached hydrogen (secondary N) is 1. The van der Waals surface area contributed by atoms with Crippen LogP contribution in [0.3, 0.4) is 0 Å². The maximum Gasteiger partial charge on any atom is 0.271 e. The SMILES string of the molecule is Cc1sc2ncc(C(=O)N[C@H](C)c3ccc(Cl)cc3)c(=O)n2c1C. The second-order valence-electron chi connectivity index (χ2n) is 5.59. The fourth-order valence-corrected chi connectivity index (χ4v) is 3.50. The minimum Gasteiger partial charge on any atom is -0.345 e. The largest absolute Gasteiger partial charge is 0.345 e. The van der Waals surface area contributed by atoms with Gasteiger partial charge in [-0.2, -0.15) is 0 Å². The van der Waals surface area contributed by atoms with Gasteiger partial charge in [0, 0.05) is 21.8 Å². The van der Waals surface area contributed by atoms with Gasteiger partial charge in [0.05, 0.1) is 6.04 Å². The number of aryl methyl sites for hydroxylation is 2. The lowest BCUT2D eigenvalue weighted by molar-refractivity contribution is 0.0938. The van der Waals surface area contributed by atoms with Crippen molar-refractivity contribution < 1.29 is 4.79 Å². The molecule has 3 rings (SSSR count). The van der Waals surface area contributed by atoms with Crippen molar-refractivity contribution in [2.45, 2.75) is 26.8 Å². The molecular weight excluding hydrogens is 346 g/mol. The summed E-state index contributed by atoms with van der Waals surface area (Å²) >= 11 is 7.31. The zero-order chi connectivity index (χ0) is 17.4. The van der Waals surface area contributed by atoms with Crippen LogP contribution in [-0.2, 0) is 0 Å². The normalized spacial score (nSPS) is 12.3. The van der Waals surface area contributed by atoms with Crippen molar-refractivity contribution >= 4 is 33.8 Å². The smallest absolute Gasteiger partial charge is 0.271 e. The van der Waals surface area contributed by atoms with E-state index in [1.165, 1.54) is 21.9 Å². The molecule has 1 atom stereocenters. The predicted molar refractivity (Wildman–Crippen MR) is 96.1 cm³/mol. The Labute approximate surface area is 147 Å². The zero-order valence-corrected chi connectivity index (χ0v) is 15.0. The van der Waals surface area contributed by atoms with E-state index in [2.05, 4.69) is 10.3 Å². The highest BCUT2D eigenvalue weighted by Crippen LogP contribution is 2.19. The van der Waals surface area contributed by atoms with Crippen LogP contribution in [0.25, 0.3) is 4.96 Å². The molecule has 2 heterocycles. The first-order chi connectivity index (χ1) is 11.4. The van der Waals surface area contributed by atoms with E-state index in [1.807, 2.05) is 32.9 Å². The van der Waals surface area contributed by atoms with Crippen LogP contribution in [0.15, 0.2) is 35.3 Å². The van der Waals surface area contributed by atoms with Crippen molar-refractivity contribution in [1.29, 1.82) is 0 Å². The van der Waals surface area contributed by atoms with E-state index in [4.69, 9.17) is 11.6 Å². The van der Waals surface area contributed by atoms with E-state index in [1.54, 1.807) is 12.1 Å². The van der Waals surface area contributed by atoms with Crippen LogP contribution in [0, 0.1) is 13.8 Å². The first-order valence-electron chi connectivity index (χ1n) is 7.42. The summed E-state index contributed by atoms with van der Waals surface area (Å²) in [6.45, 7) is 5.63. The number of carbonyl (C=O) groups excluding carboxylic acids is 1. The summed E-state index contributed by atoms with van der Waals surface area (Å²) in [5.41, 5.74) is 1.41. The molecule has 0 aliphatic heterocycles. The molecule has 0 bridgehead atoms. The van der Waals surface area contributed by atoms with Crippen molar-refractivity contribution in [2.75, 3.05) is 0 Å². The van der Waals surface area contributed by atoms with E-state index in [9.17, 15) is 9.59 Å². The minimum atomic E-state index is -0.437. The molecule has 2 aromatic heterocycles. The molecule has 1 amide bonds. The lowest BCUT2D eigenvalue weighted by Gasteiger charge is -2.14. The van der Waals surface area contributed by atoms with Crippen LogP contribution < -0.4 is 10.9 Å². The Balaban J connectivity index is 1.91. The van der Waals surface area contributed by atoms with E-state index < -0.39 is 5.91 Å². The summed E-state index contributed by atoms with van der Waals surface area (Å²) < 4.78 is 1.49. The summed E-state index contributed by atoms with van der Waals surface area (Å²) in [4.78, 5) is 30.9. The Kier molecular flexibility index (Phi) is 4.43. The topological polar surface area (TPSA) is 63.5 Å². The molecular formula is C17H16ClN3O2S. The summed E-state index contributed by atoms with van der Waals surface area (Å²) in [5.74, 6) is -0.437. The molecule has 7 heteroatoms. The Morgan fingerprint density at radius 2 is 1.96 bits per heavy atom. The number of hydrogen-bond donors (Lipinski definition) is 1. The van der Waals surface area contributed by atoms with E-state index >= 15 is 0 Å². The van der Waals surface area contributed by atoms with Gasteiger partial charge >= 0.3 is 0 Å². The first-order valence-corrected chi connectivity index (χ1v) is 8.62. The van der Waals surface area contributed by atoms with E-state index in [0.29, 0.717) is 9.98 Å². The predicted octanol–water partition coefficient (Wildman–Crippen LogP) is 3.52. The summed E-state index contributed by atoms with van der Waals surface area (Å²) in [5, 5.41) is 3.46. The molecule has 1 aromatic carbocycles. The Hall–Kier alpha value is -2.18. The lowest BCUT2D eigenvalue weighted by Crippen LogP contribution is -2.33. The summed E-state index contributed by atoms with van der Waals surface area (Å²) in [6, 6.07) is 6.96. The molecule has 0 radical (unpaired) electrons. The van der Waals surface area contributed by atoms with Gasteiger partial charge in [0.15, 0.2) is 4.96 Å².